The molecule has 4 heterocycles. The minimum absolute atomic E-state index is 0.142. The molecule has 6 rings (SSSR count). The minimum atomic E-state index is -0.290. The van der Waals surface area contributed by atoms with Crippen molar-refractivity contribution in [2.75, 3.05) is 13.2 Å². The molecular weight excluding hydrogens is 419 g/mol. The van der Waals surface area contributed by atoms with Crippen molar-refractivity contribution in [1.82, 2.24) is 19.7 Å². The van der Waals surface area contributed by atoms with Crippen LogP contribution in [0.3, 0.4) is 0 Å². The van der Waals surface area contributed by atoms with Crippen LogP contribution >= 0.6 is 0 Å². The summed E-state index contributed by atoms with van der Waals surface area (Å²) in [4.78, 5) is 9.33. The average molecular weight is 440 g/mol. The summed E-state index contributed by atoms with van der Waals surface area (Å²) >= 11 is 0. The number of aromatic nitrogens is 4. The number of ether oxygens (including phenoxy) is 1. The van der Waals surface area contributed by atoms with Gasteiger partial charge in [-0.3, -0.25) is 4.68 Å². The van der Waals surface area contributed by atoms with E-state index in [0.29, 0.717) is 23.8 Å². The molecule has 1 atom stereocenters. The topological polar surface area (TPSA) is 66.0 Å². The first-order valence-corrected chi connectivity index (χ1v) is 11.0. The Morgan fingerprint density at radius 2 is 1.85 bits per heavy atom. The Balaban J connectivity index is 1.45. The lowest BCUT2D eigenvalue weighted by Gasteiger charge is -2.22. The smallest absolute Gasteiger partial charge is 0.230 e. The molecule has 33 heavy (non-hydrogen) atoms. The van der Waals surface area contributed by atoms with Gasteiger partial charge in [0.05, 0.1) is 23.6 Å². The fraction of sp³-hybridized carbons (Fsp3) is 0.192. The summed E-state index contributed by atoms with van der Waals surface area (Å²) in [5.74, 6) is 0.965. The molecule has 7 heteroatoms. The minimum Gasteiger partial charge on any atom is -0.438 e. The number of halogens is 1. The molecule has 3 aromatic heterocycles. The quantitative estimate of drug-likeness (QED) is 0.348. The van der Waals surface area contributed by atoms with E-state index in [1.807, 2.05) is 47.3 Å². The molecule has 1 saturated heterocycles. The molecule has 164 valence electrons. The predicted octanol–water partition coefficient (Wildman–Crippen LogP) is 5.91. The summed E-state index contributed by atoms with van der Waals surface area (Å²) in [6.07, 6.45) is 5.70. The van der Waals surface area contributed by atoms with Gasteiger partial charge >= 0.3 is 0 Å². The van der Waals surface area contributed by atoms with Gasteiger partial charge in [-0.05, 0) is 43.2 Å². The summed E-state index contributed by atoms with van der Waals surface area (Å²) < 4.78 is 27.2. The fourth-order valence-corrected chi connectivity index (χ4v) is 4.20. The Labute approximate surface area is 189 Å². The van der Waals surface area contributed by atoms with Gasteiger partial charge in [-0.2, -0.15) is 10.1 Å². The van der Waals surface area contributed by atoms with Gasteiger partial charge in [-0.15, -0.1) is 0 Å². The first kappa shape index (κ1) is 19.8. The van der Waals surface area contributed by atoms with Crippen LogP contribution in [0.4, 0.5) is 4.39 Å². The molecule has 0 aliphatic carbocycles. The van der Waals surface area contributed by atoms with Crippen molar-refractivity contribution in [2.45, 2.75) is 18.9 Å². The zero-order chi connectivity index (χ0) is 22.2. The average Bonchev–Trinajstić information content (AvgIpc) is 3.50. The van der Waals surface area contributed by atoms with E-state index in [9.17, 15) is 4.39 Å². The van der Waals surface area contributed by atoms with E-state index in [1.54, 1.807) is 18.3 Å². The van der Waals surface area contributed by atoms with Crippen LogP contribution in [0.25, 0.3) is 45.1 Å². The van der Waals surface area contributed by atoms with Crippen LogP contribution in [-0.2, 0) is 4.74 Å². The maximum absolute atomic E-state index is 13.6. The van der Waals surface area contributed by atoms with Crippen molar-refractivity contribution in [3.63, 3.8) is 0 Å². The predicted molar refractivity (Wildman–Crippen MR) is 123 cm³/mol. The first-order chi connectivity index (χ1) is 16.2. The van der Waals surface area contributed by atoms with E-state index < -0.39 is 0 Å². The molecule has 2 aromatic carbocycles. The van der Waals surface area contributed by atoms with Crippen molar-refractivity contribution in [1.29, 1.82) is 0 Å². The Kier molecular flexibility index (Phi) is 4.96. The van der Waals surface area contributed by atoms with Crippen molar-refractivity contribution in [3.8, 4) is 34.0 Å². The fourth-order valence-electron chi connectivity index (χ4n) is 4.20. The molecule has 1 aliphatic rings. The van der Waals surface area contributed by atoms with Gasteiger partial charge in [0.15, 0.2) is 5.82 Å². The maximum Gasteiger partial charge on any atom is 0.230 e. The highest BCUT2D eigenvalue weighted by atomic mass is 19.1. The summed E-state index contributed by atoms with van der Waals surface area (Å²) in [5, 5.41) is 5.67. The Hall–Kier alpha value is -3.84. The van der Waals surface area contributed by atoms with Crippen LogP contribution in [0.2, 0.25) is 0 Å². The molecular formula is C26H21FN4O2. The maximum atomic E-state index is 13.6. The lowest BCUT2D eigenvalue weighted by Crippen LogP contribution is -2.21. The molecule has 5 aromatic rings. The number of hydrogen-bond acceptors (Lipinski definition) is 5. The third-order valence-corrected chi connectivity index (χ3v) is 5.93. The normalized spacial score (nSPS) is 16.3. The van der Waals surface area contributed by atoms with Gasteiger partial charge in [-0.1, -0.05) is 30.3 Å². The molecule has 1 unspecified atom stereocenters. The summed E-state index contributed by atoms with van der Waals surface area (Å²) in [5.41, 5.74) is 3.77. The molecule has 6 nitrogen and oxygen atoms in total. The third-order valence-electron chi connectivity index (χ3n) is 5.93. The lowest BCUT2D eigenvalue weighted by molar-refractivity contribution is 0.0550. The Morgan fingerprint density at radius 3 is 2.64 bits per heavy atom. The van der Waals surface area contributed by atoms with E-state index in [4.69, 9.17) is 19.2 Å². The Morgan fingerprint density at radius 1 is 1.00 bits per heavy atom. The molecule has 0 saturated carbocycles. The number of nitrogens with zero attached hydrogens (tertiary/aromatic N) is 4. The SMILES string of the molecule is Fc1ccc(-c2nn(C3CCCOC3)cc2-c2ncc3cc(-c4ccccc4)oc3n2)cc1. The van der Waals surface area contributed by atoms with Gasteiger partial charge < -0.3 is 9.15 Å². The van der Waals surface area contributed by atoms with E-state index in [0.717, 1.165) is 47.3 Å². The lowest BCUT2D eigenvalue weighted by atomic mass is 10.1. The van der Waals surface area contributed by atoms with Gasteiger partial charge in [-0.25, -0.2) is 9.37 Å². The van der Waals surface area contributed by atoms with Crippen molar-refractivity contribution >= 4 is 11.1 Å². The summed E-state index contributed by atoms with van der Waals surface area (Å²) in [7, 11) is 0. The third kappa shape index (κ3) is 3.81. The largest absolute Gasteiger partial charge is 0.438 e. The van der Waals surface area contributed by atoms with Crippen LogP contribution in [0.5, 0.6) is 0 Å². The molecule has 0 bridgehead atoms. The van der Waals surface area contributed by atoms with Gasteiger partial charge in [0, 0.05) is 30.1 Å². The highest BCUT2D eigenvalue weighted by Crippen LogP contribution is 2.33. The number of rotatable bonds is 4. The molecule has 1 aliphatic heterocycles. The van der Waals surface area contributed by atoms with Crippen LogP contribution in [0, 0.1) is 5.82 Å². The standard InChI is InChI=1S/C26H21FN4O2/c27-20-10-8-18(9-11-20)24-22(15-31(30-24)21-7-4-12-32-16-21)25-28-14-19-13-23(33-26(19)29-25)17-5-2-1-3-6-17/h1-3,5-6,8-11,13-15,21H,4,7,12,16H2. The van der Waals surface area contributed by atoms with Gasteiger partial charge in [0.25, 0.3) is 0 Å². The second-order valence-corrected chi connectivity index (χ2v) is 8.18. The highest BCUT2D eigenvalue weighted by molar-refractivity contribution is 5.83. The number of hydrogen-bond donors (Lipinski definition) is 0. The van der Waals surface area contributed by atoms with Gasteiger partial charge in [0.2, 0.25) is 5.71 Å². The van der Waals surface area contributed by atoms with Crippen LogP contribution in [0.15, 0.2) is 77.5 Å². The summed E-state index contributed by atoms with van der Waals surface area (Å²) in [6.45, 7) is 1.39. The van der Waals surface area contributed by atoms with Crippen molar-refractivity contribution in [2.24, 2.45) is 0 Å². The van der Waals surface area contributed by atoms with E-state index in [-0.39, 0.29) is 11.9 Å². The summed E-state index contributed by atoms with van der Waals surface area (Å²) in [6, 6.07) is 18.3. The zero-order valence-corrected chi connectivity index (χ0v) is 17.8. The number of fused-ring (bicyclic) bond motifs is 1. The van der Waals surface area contributed by atoms with Gasteiger partial charge in [0.1, 0.15) is 17.3 Å². The van der Waals surface area contributed by atoms with Crippen LogP contribution < -0.4 is 0 Å². The monoisotopic (exact) mass is 440 g/mol. The number of benzene rings is 2. The second-order valence-electron chi connectivity index (χ2n) is 8.18. The second kappa shape index (κ2) is 8.26. The Bertz CT molecular complexity index is 1400. The van der Waals surface area contributed by atoms with Crippen molar-refractivity contribution in [3.05, 3.63) is 78.9 Å². The van der Waals surface area contributed by atoms with Crippen molar-refractivity contribution < 1.29 is 13.5 Å². The van der Waals surface area contributed by atoms with E-state index in [2.05, 4.69) is 4.98 Å². The number of furan rings is 1. The molecule has 1 fully saturated rings. The van der Waals surface area contributed by atoms with E-state index >= 15 is 0 Å². The molecule has 0 spiro atoms. The molecule has 0 amide bonds. The first-order valence-electron chi connectivity index (χ1n) is 11.0. The van der Waals surface area contributed by atoms with Crippen LogP contribution in [-0.4, -0.2) is 33.0 Å². The highest BCUT2D eigenvalue weighted by Gasteiger charge is 2.22. The molecule has 0 N–H and O–H groups in total. The van der Waals surface area contributed by atoms with E-state index in [1.165, 1.54) is 12.1 Å². The molecule has 0 radical (unpaired) electrons. The zero-order valence-electron chi connectivity index (χ0n) is 17.8. The van der Waals surface area contributed by atoms with Crippen LogP contribution in [0.1, 0.15) is 18.9 Å².